The van der Waals surface area contributed by atoms with E-state index in [1.165, 1.54) is 18.2 Å². The van der Waals surface area contributed by atoms with Crippen LogP contribution in [-0.2, 0) is 23.0 Å². The molecule has 21 heavy (non-hydrogen) atoms. The van der Waals surface area contributed by atoms with Gasteiger partial charge < -0.3 is 5.73 Å². The van der Waals surface area contributed by atoms with Gasteiger partial charge in [0, 0.05) is 31.0 Å². The fourth-order valence-electron chi connectivity index (χ4n) is 1.95. The van der Waals surface area contributed by atoms with Crippen molar-refractivity contribution < 1.29 is 12.8 Å². The topological polar surface area (TPSA) is 85.1 Å². The van der Waals surface area contributed by atoms with Crippen molar-refractivity contribution in [2.75, 3.05) is 6.54 Å². The summed E-state index contributed by atoms with van der Waals surface area (Å²) in [5.41, 5.74) is 6.39. The molecule has 0 aliphatic heterocycles. The minimum atomic E-state index is -3.78. The summed E-state index contributed by atoms with van der Waals surface area (Å²) in [6.07, 6.45) is 3.81. The van der Waals surface area contributed by atoms with Crippen LogP contribution in [0.2, 0.25) is 0 Å². The first-order valence-corrected chi connectivity index (χ1v) is 7.89. The van der Waals surface area contributed by atoms with Crippen molar-refractivity contribution in [3.05, 3.63) is 59.7 Å². The quantitative estimate of drug-likeness (QED) is 0.839. The highest BCUT2D eigenvalue weighted by Crippen LogP contribution is 2.18. The summed E-state index contributed by atoms with van der Waals surface area (Å²) in [7, 11) is -3.78. The molecule has 1 aromatic heterocycles. The van der Waals surface area contributed by atoms with Gasteiger partial charge in [-0.2, -0.15) is 0 Å². The average Bonchev–Trinajstić information content (AvgIpc) is 2.48. The van der Waals surface area contributed by atoms with Gasteiger partial charge in [-0.15, -0.1) is 0 Å². The molecule has 0 aliphatic rings. The van der Waals surface area contributed by atoms with E-state index in [9.17, 15) is 12.8 Å². The van der Waals surface area contributed by atoms with E-state index in [0.717, 1.165) is 5.56 Å². The number of hydrogen-bond donors (Lipinski definition) is 2. The summed E-state index contributed by atoms with van der Waals surface area (Å²) >= 11 is 0. The number of pyridine rings is 1. The molecule has 112 valence electrons. The second kappa shape index (κ2) is 6.75. The van der Waals surface area contributed by atoms with Crippen molar-refractivity contribution in [3.8, 4) is 0 Å². The fraction of sp³-hybridized carbons (Fsp3) is 0.214. The van der Waals surface area contributed by atoms with Gasteiger partial charge in [-0.1, -0.05) is 6.07 Å². The van der Waals surface area contributed by atoms with Gasteiger partial charge in [0.25, 0.3) is 0 Å². The number of halogens is 1. The molecule has 1 heterocycles. The third-order valence-electron chi connectivity index (χ3n) is 3.02. The molecule has 2 aromatic rings. The summed E-state index contributed by atoms with van der Waals surface area (Å²) in [5.74, 6) is -0.616. The molecule has 0 bridgehead atoms. The Morgan fingerprint density at radius 1 is 1.19 bits per heavy atom. The Hall–Kier alpha value is -1.83. The van der Waals surface area contributed by atoms with Gasteiger partial charge in [0.2, 0.25) is 10.0 Å². The number of benzene rings is 1. The molecular weight excluding hydrogens is 293 g/mol. The number of hydrogen-bond acceptors (Lipinski definition) is 4. The van der Waals surface area contributed by atoms with Gasteiger partial charge in [-0.3, -0.25) is 4.98 Å². The number of aromatic nitrogens is 1. The summed E-state index contributed by atoms with van der Waals surface area (Å²) in [6, 6.07) is 7.51. The standard InChI is InChI=1S/C14H16FN3O2S/c15-13-2-1-3-14(12(13)10-16)21(19,20)18-9-6-11-4-7-17-8-5-11/h1-5,7-8,18H,6,9-10,16H2. The molecule has 0 unspecified atom stereocenters. The van der Waals surface area contributed by atoms with Crippen molar-refractivity contribution in [1.82, 2.24) is 9.71 Å². The Morgan fingerprint density at radius 3 is 2.57 bits per heavy atom. The van der Waals surface area contributed by atoms with Crippen LogP contribution in [0.4, 0.5) is 4.39 Å². The molecular formula is C14H16FN3O2S. The number of rotatable bonds is 6. The Bertz CT molecular complexity index is 705. The maximum Gasteiger partial charge on any atom is 0.241 e. The smallest absolute Gasteiger partial charge is 0.241 e. The molecule has 0 atom stereocenters. The van der Waals surface area contributed by atoms with E-state index in [-0.39, 0.29) is 23.5 Å². The lowest BCUT2D eigenvalue weighted by Gasteiger charge is -2.11. The Labute approximate surface area is 123 Å². The first-order chi connectivity index (χ1) is 10.0. The van der Waals surface area contributed by atoms with Gasteiger partial charge in [0.1, 0.15) is 5.82 Å². The monoisotopic (exact) mass is 309 g/mol. The Kier molecular flexibility index (Phi) is 5.00. The van der Waals surface area contributed by atoms with Crippen LogP contribution < -0.4 is 10.5 Å². The molecule has 0 spiro atoms. The highest BCUT2D eigenvalue weighted by atomic mass is 32.2. The number of sulfonamides is 1. The summed E-state index contributed by atoms with van der Waals surface area (Å²) in [5, 5.41) is 0. The number of nitrogens with zero attached hydrogens (tertiary/aromatic N) is 1. The highest BCUT2D eigenvalue weighted by Gasteiger charge is 2.19. The fourth-order valence-corrected chi connectivity index (χ4v) is 3.23. The Balaban J connectivity index is 2.11. The molecule has 0 fully saturated rings. The van der Waals surface area contributed by atoms with Gasteiger partial charge in [-0.05, 0) is 36.2 Å². The zero-order valence-corrected chi connectivity index (χ0v) is 12.1. The van der Waals surface area contributed by atoms with E-state index < -0.39 is 15.8 Å². The van der Waals surface area contributed by atoms with Crippen LogP contribution in [0.15, 0.2) is 47.6 Å². The van der Waals surface area contributed by atoms with Crippen LogP contribution in [0.5, 0.6) is 0 Å². The van der Waals surface area contributed by atoms with Crippen LogP contribution in [0, 0.1) is 5.82 Å². The molecule has 0 saturated heterocycles. The lowest BCUT2D eigenvalue weighted by molar-refractivity contribution is 0.571. The van der Waals surface area contributed by atoms with Crippen molar-refractivity contribution in [3.63, 3.8) is 0 Å². The minimum Gasteiger partial charge on any atom is -0.326 e. The lowest BCUT2D eigenvalue weighted by Crippen LogP contribution is -2.27. The van der Waals surface area contributed by atoms with Crippen LogP contribution in [0.1, 0.15) is 11.1 Å². The average molecular weight is 309 g/mol. The second-order valence-corrected chi connectivity index (χ2v) is 6.16. The van der Waals surface area contributed by atoms with Crippen molar-refractivity contribution in [2.24, 2.45) is 5.73 Å². The lowest BCUT2D eigenvalue weighted by atomic mass is 10.2. The summed E-state index contributed by atoms with van der Waals surface area (Å²) < 4.78 is 40.5. The van der Waals surface area contributed by atoms with Crippen molar-refractivity contribution in [1.29, 1.82) is 0 Å². The SMILES string of the molecule is NCc1c(F)cccc1S(=O)(=O)NCCc1ccncc1. The zero-order chi connectivity index (χ0) is 15.3. The van der Waals surface area contributed by atoms with Gasteiger partial charge >= 0.3 is 0 Å². The number of nitrogens with one attached hydrogen (secondary N) is 1. The maximum absolute atomic E-state index is 13.6. The van der Waals surface area contributed by atoms with Crippen LogP contribution >= 0.6 is 0 Å². The molecule has 0 amide bonds. The predicted octanol–water partition coefficient (Wildman–Crippen LogP) is 1.20. The second-order valence-electron chi connectivity index (χ2n) is 4.42. The van der Waals surface area contributed by atoms with E-state index in [1.54, 1.807) is 12.4 Å². The predicted molar refractivity (Wildman–Crippen MR) is 77.4 cm³/mol. The first-order valence-electron chi connectivity index (χ1n) is 6.40. The van der Waals surface area contributed by atoms with Crippen molar-refractivity contribution >= 4 is 10.0 Å². The molecule has 2 rings (SSSR count). The van der Waals surface area contributed by atoms with E-state index in [2.05, 4.69) is 9.71 Å². The minimum absolute atomic E-state index is 0.00564. The Morgan fingerprint density at radius 2 is 1.90 bits per heavy atom. The van der Waals surface area contributed by atoms with E-state index in [0.29, 0.717) is 6.42 Å². The summed E-state index contributed by atoms with van der Waals surface area (Å²) in [6.45, 7) is 0.0418. The molecule has 3 N–H and O–H groups in total. The maximum atomic E-state index is 13.6. The number of nitrogens with two attached hydrogens (primary N) is 1. The van der Waals surface area contributed by atoms with Crippen LogP contribution in [0.25, 0.3) is 0 Å². The largest absolute Gasteiger partial charge is 0.326 e. The zero-order valence-electron chi connectivity index (χ0n) is 11.3. The molecule has 1 aromatic carbocycles. The normalized spacial score (nSPS) is 11.5. The van der Waals surface area contributed by atoms with Gasteiger partial charge in [0.05, 0.1) is 4.90 Å². The van der Waals surface area contributed by atoms with Crippen LogP contribution in [-0.4, -0.2) is 19.9 Å². The van der Waals surface area contributed by atoms with Gasteiger partial charge in [-0.25, -0.2) is 17.5 Å². The molecule has 7 heteroatoms. The third kappa shape index (κ3) is 3.84. The third-order valence-corrected chi connectivity index (χ3v) is 4.57. The van der Waals surface area contributed by atoms with E-state index >= 15 is 0 Å². The first kappa shape index (κ1) is 15.6. The van der Waals surface area contributed by atoms with Crippen molar-refractivity contribution in [2.45, 2.75) is 17.9 Å². The molecule has 5 nitrogen and oxygen atoms in total. The van der Waals surface area contributed by atoms with E-state index in [1.807, 2.05) is 12.1 Å². The summed E-state index contributed by atoms with van der Waals surface area (Å²) in [4.78, 5) is 3.78. The van der Waals surface area contributed by atoms with Gasteiger partial charge in [0.15, 0.2) is 0 Å². The molecule has 0 saturated carbocycles. The molecule has 0 aliphatic carbocycles. The molecule has 0 radical (unpaired) electrons. The van der Waals surface area contributed by atoms with E-state index in [4.69, 9.17) is 5.73 Å². The highest BCUT2D eigenvalue weighted by molar-refractivity contribution is 7.89. The van der Waals surface area contributed by atoms with Crippen LogP contribution in [0.3, 0.4) is 0 Å².